The molecule has 0 aliphatic carbocycles. The molecule has 3 aromatic carbocycles. The van der Waals surface area contributed by atoms with Gasteiger partial charge in [-0.2, -0.15) is 0 Å². The fourth-order valence-electron chi connectivity index (χ4n) is 3.37. The third kappa shape index (κ3) is 2.10. The molecule has 0 aliphatic heterocycles. The van der Waals surface area contributed by atoms with Crippen LogP contribution >= 0.6 is 22.7 Å². The highest BCUT2D eigenvalue weighted by molar-refractivity contribution is 7.36. The molecule has 0 atom stereocenters. The lowest BCUT2D eigenvalue weighted by Gasteiger charge is -2.03. The molecular formula is C22H16S2. The van der Waals surface area contributed by atoms with Crippen molar-refractivity contribution < 1.29 is 0 Å². The predicted molar refractivity (Wildman–Crippen MR) is 110 cm³/mol. The predicted octanol–water partition coefficient (Wildman–Crippen LogP) is 7.55. The number of aryl methyl sites for hydroxylation is 2. The Morgan fingerprint density at radius 3 is 1.96 bits per heavy atom. The van der Waals surface area contributed by atoms with Crippen molar-refractivity contribution in [3.05, 3.63) is 71.8 Å². The summed E-state index contributed by atoms with van der Waals surface area (Å²) in [6, 6.07) is 22.5. The van der Waals surface area contributed by atoms with Crippen LogP contribution in [0.5, 0.6) is 0 Å². The Hall–Kier alpha value is -2.16. The Balaban J connectivity index is 1.77. The molecule has 0 nitrogen and oxygen atoms in total. The monoisotopic (exact) mass is 344 g/mol. The van der Waals surface area contributed by atoms with Crippen molar-refractivity contribution >= 4 is 52.2 Å². The fraction of sp³-hybridized carbons (Fsp3) is 0.0909. The van der Waals surface area contributed by atoms with Gasteiger partial charge in [0, 0.05) is 20.2 Å². The molecule has 24 heavy (non-hydrogen) atoms. The average Bonchev–Trinajstić information content (AvgIpc) is 3.09. The Kier molecular flexibility index (Phi) is 3.06. The zero-order valence-electron chi connectivity index (χ0n) is 13.6. The van der Waals surface area contributed by atoms with Crippen LogP contribution in [0, 0.1) is 13.8 Å². The Morgan fingerprint density at radius 2 is 1.21 bits per heavy atom. The molecule has 0 N–H and O–H groups in total. The molecule has 0 radical (unpaired) electrons. The minimum Gasteiger partial charge on any atom is -0.134 e. The van der Waals surface area contributed by atoms with Crippen LogP contribution in [0.1, 0.15) is 11.1 Å². The van der Waals surface area contributed by atoms with E-state index >= 15 is 0 Å². The number of rotatable bonds is 1. The van der Waals surface area contributed by atoms with E-state index in [2.05, 4.69) is 74.5 Å². The van der Waals surface area contributed by atoms with Crippen LogP contribution in [0.25, 0.3) is 40.7 Å². The molecular weight excluding hydrogens is 328 g/mol. The molecule has 2 heteroatoms. The minimum absolute atomic E-state index is 1.30. The lowest BCUT2D eigenvalue weighted by atomic mass is 10.0. The van der Waals surface area contributed by atoms with Gasteiger partial charge in [-0.15, -0.1) is 22.7 Å². The number of hydrogen-bond donors (Lipinski definition) is 0. The highest BCUT2D eigenvalue weighted by Gasteiger charge is 2.12. The second-order valence-corrected chi connectivity index (χ2v) is 8.55. The summed E-state index contributed by atoms with van der Waals surface area (Å²) in [7, 11) is 0. The summed E-state index contributed by atoms with van der Waals surface area (Å²) in [4.78, 5) is 0. The Morgan fingerprint density at radius 1 is 0.583 bits per heavy atom. The van der Waals surface area contributed by atoms with Gasteiger partial charge in [0.2, 0.25) is 0 Å². The molecule has 2 heterocycles. The van der Waals surface area contributed by atoms with Crippen molar-refractivity contribution in [2.45, 2.75) is 13.8 Å². The van der Waals surface area contributed by atoms with E-state index in [0.717, 1.165) is 0 Å². The average molecular weight is 345 g/mol. The van der Waals surface area contributed by atoms with Crippen molar-refractivity contribution in [2.24, 2.45) is 0 Å². The summed E-state index contributed by atoms with van der Waals surface area (Å²) in [5.74, 6) is 0. The van der Waals surface area contributed by atoms with E-state index in [0.29, 0.717) is 0 Å². The second kappa shape index (κ2) is 5.17. The van der Waals surface area contributed by atoms with Gasteiger partial charge in [0.05, 0.1) is 9.40 Å². The number of fused-ring (bicyclic) bond motifs is 5. The Labute approximate surface area is 149 Å². The van der Waals surface area contributed by atoms with Gasteiger partial charge in [0.15, 0.2) is 0 Å². The first-order chi connectivity index (χ1) is 11.7. The minimum atomic E-state index is 1.30. The Bertz CT molecular complexity index is 1220. The largest absolute Gasteiger partial charge is 0.134 e. The molecule has 0 fully saturated rings. The topological polar surface area (TPSA) is 0 Å². The number of thiophene rings is 2. The maximum atomic E-state index is 2.35. The zero-order chi connectivity index (χ0) is 16.3. The standard InChI is InChI=1S/C22H16S2/c1-13-4-3-5-15(10-13)16-7-9-18-20(12-16)24-21-17-8-6-14(2)11-19(17)23-22(18)21/h3-12H,1-2H3. The van der Waals surface area contributed by atoms with Gasteiger partial charge in [0.25, 0.3) is 0 Å². The number of benzene rings is 3. The van der Waals surface area contributed by atoms with Crippen molar-refractivity contribution in [3.63, 3.8) is 0 Å². The molecule has 0 spiro atoms. The SMILES string of the molecule is Cc1cccc(-c2ccc3c(c2)sc2c4ccc(C)cc4sc32)c1. The quantitative estimate of drug-likeness (QED) is 0.294. The van der Waals surface area contributed by atoms with E-state index in [1.165, 1.54) is 51.8 Å². The third-order valence-electron chi connectivity index (χ3n) is 4.59. The van der Waals surface area contributed by atoms with Gasteiger partial charge in [0.1, 0.15) is 0 Å². The van der Waals surface area contributed by atoms with E-state index in [-0.39, 0.29) is 0 Å². The number of hydrogen-bond acceptors (Lipinski definition) is 2. The highest BCUT2D eigenvalue weighted by Crippen LogP contribution is 2.45. The van der Waals surface area contributed by atoms with Gasteiger partial charge in [-0.05, 0) is 42.7 Å². The van der Waals surface area contributed by atoms with E-state index in [4.69, 9.17) is 0 Å². The van der Waals surface area contributed by atoms with Crippen molar-refractivity contribution in [1.82, 2.24) is 0 Å². The normalized spacial score (nSPS) is 11.8. The highest BCUT2D eigenvalue weighted by atomic mass is 32.1. The summed E-state index contributed by atoms with van der Waals surface area (Å²) < 4.78 is 5.66. The van der Waals surface area contributed by atoms with Crippen molar-refractivity contribution in [3.8, 4) is 11.1 Å². The second-order valence-electron chi connectivity index (χ2n) is 6.44. The summed E-state index contributed by atoms with van der Waals surface area (Å²) in [5.41, 5.74) is 5.25. The molecule has 0 saturated carbocycles. The summed E-state index contributed by atoms with van der Waals surface area (Å²) in [6.07, 6.45) is 0. The lowest BCUT2D eigenvalue weighted by molar-refractivity contribution is 1.47. The van der Waals surface area contributed by atoms with Gasteiger partial charge < -0.3 is 0 Å². The van der Waals surface area contributed by atoms with E-state index < -0.39 is 0 Å². The summed E-state index contributed by atoms with van der Waals surface area (Å²) in [5, 5.41) is 2.80. The van der Waals surface area contributed by atoms with Crippen LogP contribution in [0.15, 0.2) is 60.7 Å². The lowest BCUT2D eigenvalue weighted by Crippen LogP contribution is -1.78. The van der Waals surface area contributed by atoms with Crippen molar-refractivity contribution in [2.75, 3.05) is 0 Å². The van der Waals surface area contributed by atoms with Crippen LogP contribution in [-0.4, -0.2) is 0 Å². The van der Waals surface area contributed by atoms with Gasteiger partial charge in [-0.1, -0.05) is 54.1 Å². The molecule has 0 aliphatic rings. The fourth-order valence-corrected chi connectivity index (χ4v) is 6.16. The maximum absolute atomic E-state index is 2.35. The van der Waals surface area contributed by atoms with E-state index in [1.54, 1.807) is 0 Å². The summed E-state index contributed by atoms with van der Waals surface area (Å²) in [6.45, 7) is 4.32. The molecule has 0 saturated heterocycles. The van der Waals surface area contributed by atoms with Crippen LogP contribution < -0.4 is 0 Å². The molecule has 0 unspecified atom stereocenters. The van der Waals surface area contributed by atoms with Crippen LogP contribution in [-0.2, 0) is 0 Å². The van der Waals surface area contributed by atoms with Crippen LogP contribution in [0.4, 0.5) is 0 Å². The molecule has 5 rings (SSSR count). The van der Waals surface area contributed by atoms with Crippen LogP contribution in [0.2, 0.25) is 0 Å². The van der Waals surface area contributed by atoms with Crippen LogP contribution in [0.3, 0.4) is 0 Å². The third-order valence-corrected chi connectivity index (χ3v) is 7.09. The van der Waals surface area contributed by atoms with E-state index in [1.807, 2.05) is 22.7 Å². The maximum Gasteiger partial charge on any atom is 0.0542 e. The molecule has 0 amide bonds. The van der Waals surface area contributed by atoms with Crippen molar-refractivity contribution in [1.29, 1.82) is 0 Å². The first-order valence-corrected chi connectivity index (χ1v) is 9.75. The smallest absolute Gasteiger partial charge is 0.0542 e. The zero-order valence-corrected chi connectivity index (χ0v) is 15.2. The molecule has 2 aromatic heterocycles. The first-order valence-electron chi connectivity index (χ1n) is 8.11. The molecule has 5 aromatic rings. The van der Waals surface area contributed by atoms with Gasteiger partial charge in [-0.25, -0.2) is 0 Å². The first kappa shape index (κ1) is 14.2. The molecule has 0 bridgehead atoms. The van der Waals surface area contributed by atoms with Gasteiger partial charge >= 0.3 is 0 Å². The van der Waals surface area contributed by atoms with E-state index in [9.17, 15) is 0 Å². The molecule has 116 valence electrons. The summed E-state index contributed by atoms with van der Waals surface area (Å²) >= 11 is 3.85. The van der Waals surface area contributed by atoms with Gasteiger partial charge in [-0.3, -0.25) is 0 Å².